The third-order valence-corrected chi connectivity index (χ3v) is 3.57. The summed E-state index contributed by atoms with van der Waals surface area (Å²) in [7, 11) is 0. The van der Waals surface area contributed by atoms with Crippen LogP contribution in [-0.4, -0.2) is 30.5 Å². The molecule has 0 atom stereocenters. The van der Waals surface area contributed by atoms with Crippen LogP contribution in [-0.2, 0) is 0 Å². The molecule has 1 aromatic carbocycles. The van der Waals surface area contributed by atoms with Crippen molar-refractivity contribution in [3.8, 4) is 0 Å². The highest BCUT2D eigenvalue weighted by Gasteiger charge is 2.23. The lowest BCUT2D eigenvalue weighted by Crippen LogP contribution is -2.28. The van der Waals surface area contributed by atoms with Crippen LogP contribution in [0.5, 0.6) is 0 Å². The first kappa shape index (κ1) is 13.6. The number of nitrogens with zero attached hydrogens (tertiary/aromatic N) is 5. The zero-order chi connectivity index (χ0) is 14.7. The van der Waals surface area contributed by atoms with Gasteiger partial charge in [0.25, 0.3) is 0 Å². The van der Waals surface area contributed by atoms with Crippen molar-refractivity contribution < 1.29 is 5.21 Å². The van der Waals surface area contributed by atoms with Gasteiger partial charge < -0.3 is 5.21 Å². The molecule has 0 bridgehead atoms. The molecule has 0 aliphatic heterocycles. The minimum absolute atomic E-state index is 0.454. The predicted octanol–water partition coefficient (Wildman–Crippen LogP) is 2.77. The molecule has 2 heterocycles. The van der Waals surface area contributed by atoms with Gasteiger partial charge in [-0.25, -0.2) is 9.36 Å². The Morgan fingerprint density at radius 2 is 1.62 bits per heavy atom. The highest BCUT2D eigenvalue weighted by atomic mass is 79.9. The van der Waals surface area contributed by atoms with Gasteiger partial charge in [0.05, 0.1) is 0 Å². The van der Waals surface area contributed by atoms with Crippen molar-refractivity contribution in [2.75, 3.05) is 0 Å². The first-order valence-electron chi connectivity index (χ1n) is 6.26. The minimum Gasteiger partial charge on any atom is -0.411 e. The molecule has 6 nitrogen and oxygen atoms in total. The van der Waals surface area contributed by atoms with E-state index < -0.39 is 6.17 Å². The average molecular weight is 346 g/mol. The van der Waals surface area contributed by atoms with Crippen molar-refractivity contribution >= 4 is 21.6 Å². The summed E-state index contributed by atoms with van der Waals surface area (Å²) < 4.78 is 4.33. The van der Waals surface area contributed by atoms with Crippen LogP contribution in [0.2, 0.25) is 0 Å². The summed E-state index contributed by atoms with van der Waals surface area (Å²) in [4.78, 5) is 0. The fourth-order valence-corrected chi connectivity index (χ4v) is 2.37. The molecule has 0 fully saturated rings. The predicted molar refractivity (Wildman–Crippen MR) is 81.4 cm³/mol. The molecule has 106 valence electrons. The average Bonchev–Trinajstić information content (AvgIpc) is 3.19. The van der Waals surface area contributed by atoms with Gasteiger partial charge >= 0.3 is 0 Å². The zero-order valence-electron chi connectivity index (χ0n) is 10.9. The molecule has 7 heteroatoms. The number of aromatic nitrogens is 4. The van der Waals surface area contributed by atoms with Crippen LogP contribution in [0.25, 0.3) is 0 Å². The van der Waals surface area contributed by atoms with E-state index in [0.717, 1.165) is 10.0 Å². The third kappa shape index (κ3) is 2.73. The van der Waals surface area contributed by atoms with Crippen LogP contribution in [0.3, 0.4) is 0 Å². The van der Waals surface area contributed by atoms with Gasteiger partial charge in [-0.15, -0.1) is 0 Å². The van der Waals surface area contributed by atoms with Crippen LogP contribution in [0.15, 0.2) is 70.8 Å². The van der Waals surface area contributed by atoms with E-state index in [9.17, 15) is 5.21 Å². The molecule has 0 radical (unpaired) electrons. The molecule has 0 unspecified atom stereocenters. The second kappa shape index (κ2) is 5.92. The molecule has 3 rings (SSSR count). The maximum absolute atomic E-state index is 9.51. The monoisotopic (exact) mass is 345 g/mol. The van der Waals surface area contributed by atoms with Crippen LogP contribution >= 0.6 is 15.9 Å². The van der Waals surface area contributed by atoms with Crippen molar-refractivity contribution in [3.05, 3.63) is 71.2 Å². The summed E-state index contributed by atoms with van der Waals surface area (Å²) in [6.45, 7) is 0. The maximum Gasteiger partial charge on any atom is 0.189 e. The topological polar surface area (TPSA) is 68.2 Å². The second-order valence-corrected chi connectivity index (χ2v) is 5.25. The maximum atomic E-state index is 9.51. The van der Waals surface area contributed by atoms with Crippen LogP contribution in [0, 0.1) is 0 Å². The Morgan fingerprint density at radius 1 is 1.05 bits per heavy atom. The number of hydrogen-bond donors (Lipinski definition) is 1. The lowest BCUT2D eigenvalue weighted by atomic mass is 10.1. The van der Waals surface area contributed by atoms with E-state index in [0.29, 0.717) is 5.71 Å². The van der Waals surface area contributed by atoms with Gasteiger partial charge in [0.1, 0.15) is 5.71 Å². The first-order valence-corrected chi connectivity index (χ1v) is 7.05. The van der Waals surface area contributed by atoms with E-state index in [2.05, 4.69) is 31.3 Å². The van der Waals surface area contributed by atoms with E-state index in [-0.39, 0.29) is 0 Å². The van der Waals surface area contributed by atoms with Crippen LogP contribution in [0.1, 0.15) is 11.7 Å². The van der Waals surface area contributed by atoms with Gasteiger partial charge in [0.15, 0.2) is 6.17 Å². The normalized spacial score (nSPS) is 12.0. The molecule has 0 aliphatic carbocycles. The van der Waals surface area contributed by atoms with E-state index in [1.54, 1.807) is 34.2 Å². The van der Waals surface area contributed by atoms with Gasteiger partial charge in [0, 0.05) is 34.8 Å². The quantitative estimate of drug-likeness (QED) is 0.449. The molecule has 1 N–H and O–H groups in total. The van der Waals surface area contributed by atoms with Crippen molar-refractivity contribution in [2.45, 2.75) is 6.17 Å². The molecule has 0 spiro atoms. The largest absolute Gasteiger partial charge is 0.411 e. The number of benzene rings is 1. The highest BCUT2D eigenvalue weighted by Crippen LogP contribution is 2.19. The van der Waals surface area contributed by atoms with E-state index in [1.165, 1.54) is 0 Å². The lowest BCUT2D eigenvalue weighted by molar-refractivity contribution is 0.310. The second-order valence-electron chi connectivity index (χ2n) is 4.34. The fourth-order valence-electron chi connectivity index (χ4n) is 2.10. The molecule has 2 aromatic heterocycles. The highest BCUT2D eigenvalue weighted by molar-refractivity contribution is 9.10. The van der Waals surface area contributed by atoms with E-state index >= 15 is 0 Å². The Kier molecular flexibility index (Phi) is 3.83. The Balaban J connectivity index is 2.08. The van der Waals surface area contributed by atoms with Crippen LogP contribution in [0.4, 0.5) is 0 Å². The zero-order valence-corrected chi connectivity index (χ0v) is 12.5. The Morgan fingerprint density at radius 3 is 2.05 bits per heavy atom. The first-order chi connectivity index (χ1) is 10.3. The SMILES string of the molecule is O/N=C(\c1ccc(Br)cc1)C(n1cccn1)n1cccn1. The van der Waals surface area contributed by atoms with Gasteiger partial charge in [-0.2, -0.15) is 10.2 Å². The van der Waals surface area contributed by atoms with Gasteiger partial charge in [-0.3, -0.25) is 0 Å². The molecule has 0 amide bonds. The summed E-state index contributed by atoms with van der Waals surface area (Å²) in [6, 6.07) is 11.2. The molecular weight excluding hydrogens is 334 g/mol. The summed E-state index contributed by atoms with van der Waals surface area (Å²) in [6.07, 6.45) is 6.49. The molecule has 0 saturated heterocycles. The Hall–Kier alpha value is -2.41. The molecule has 3 aromatic rings. The molecule has 0 saturated carbocycles. The molecule has 21 heavy (non-hydrogen) atoms. The number of oxime groups is 1. The van der Waals surface area contributed by atoms with E-state index in [4.69, 9.17) is 0 Å². The number of rotatable bonds is 4. The summed E-state index contributed by atoms with van der Waals surface area (Å²) in [5, 5.41) is 21.5. The molecule has 0 aliphatic rings. The van der Waals surface area contributed by atoms with Crippen molar-refractivity contribution in [2.24, 2.45) is 5.16 Å². The van der Waals surface area contributed by atoms with Gasteiger partial charge in [-0.1, -0.05) is 33.2 Å². The minimum atomic E-state index is -0.457. The fraction of sp³-hybridized carbons (Fsp3) is 0.0714. The number of hydrogen-bond acceptors (Lipinski definition) is 4. The van der Waals surface area contributed by atoms with Gasteiger partial charge in [0.2, 0.25) is 0 Å². The lowest BCUT2D eigenvalue weighted by Gasteiger charge is -2.19. The van der Waals surface area contributed by atoms with Crippen LogP contribution < -0.4 is 0 Å². The van der Waals surface area contributed by atoms with E-state index in [1.807, 2.05) is 36.4 Å². The summed E-state index contributed by atoms with van der Waals surface area (Å²) in [5.74, 6) is 0. The third-order valence-electron chi connectivity index (χ3n) is 3.04. The summed E-state index contributed by atoms with van der Waals surface area (Å²) >= 11 is 3.39. The van der Waals surface area contributed by atoms with Crippen molar-refractivity contribution in [1.29, 1.82) is 0 Å². The Bertz CT molecular complexity index is 685. The van der Waals surface area contributed by atoms with Crippen molar-refractivity contribution in [1.82, 2.24) is 19.6 Å². The number of halogens is 1. The smallest absolute Gasteiger partial charge is 0.189 e. The Labute approximate surface area is 129 Å². The van der Waals surface area contributed by atoms with Crippen molar-refractivity contribution in [3.63, 3.8) is 0 Å². The molecular formula is C14H12BrN5O. The standard InChI is InChI=1S/C14H12BrN5O/c15-12-5-3-11(4-6-12)13(18-21)14(19-9-1-7-16-19)20-10-2-8-17-20/h1-10,14,21H/b18-13+. The van der Waals surface area contributed by atoms with Gasteiger partial charge in [-0.05, 0) is 24.3 Å². The summed E-state index contributed by atoms with van der Waals surface area (Å²) in [5.41, 5.74) is 1.24.